The Hall–Kier alpha value is -4.61. The summed E-state index contributed by atoms with van der Waals surface area (Å²) in [6.07, 6.45) is 1.64. The van der Waals surface area contributed by atoms with Crippen LogP contribution in [0.2, 0.25) is 0 Å². The summed E-state index contributed by atoms with van der Waals surface area (Å²) in [7, 11) is 0. The van der Waals surface area contributed by atoms with Crippen molar-refractivity contribution in [2.75, 3.05) is 25.4 Å². The fourth-order valence-corrected chi connectivity index (χ4v) is 4.83. The van der Waals surface area contributed by atoms with E-state index in [2.05, 4.69) is 23.1 Å². The fraction of sp³-hybridized carbons (Fsp3) is 0.258. The number of carbonyl (C=O) groups is 1. The van der Waals surface area contributed by atoms with Crippen molar-refractivity contribution in [2.45, 2.75) is 26.3 Å². The molecule has 1 fully saturated rings. The Kier molecular flexibility index (Phi) is 7.90. The number of hydrogen-bond acceptors (Lipinski definition) is 7. The number of anilines is 1. The molecule has 3 aromatic carbocycles. The Morgan fingerprint density at radius 2 is 1.67 bits per heavy atom. The summed E-state index contributed by atoms with van der Waals surface area (Å²) in [6.45, 7) is 4.80. The number of piperidine rings is 1. The van der Waals surface area contributed by atoms with Crippen LogP contribution in [-0.4, -0.2) is 40.3 Å². The van der Waals surface area contributed by atoms with Crippen LogP contribution in [0.1, 0.15) is 30.9 Å². The van der Waals surface area contributed by atoms with Crippen molar-refractivity contribution < 1.29 is 14.3 Å². The summed E-state index contributed by atoms with van der Waals surface area (Å²) >= 11 is 0. The number of carbonyl (C=O) groups excluding carboxylic acids is 1. The summed E-state index contributed by atoms with van der Waals surface area (Å²) in [6, 6.07) is 27.2. The molecule has 0 bridgehead atoms. The molecule has 0 unspecified atom stereocenters. The molecule has 2 heterocycles. The van der Waals surface area contributed by atoms with Gasteiger partial charge in [-0.15, -0.1) is 0 Å². The molecule has 1 aliphatic rings. The van der Waals surface area contributed by atoms with Gasteiger partial charge in [-0.2, -0.15) is 10.4 Å². The van der Waals surface area contributed by atoms with Crippen LogP contribution in [0, 0.1) is 17.2 Å². The highest BCUT2D eigenvalue weighted by molar-refractivity contribution is 5.74. The molecule has 5 rings (SSSR count). The molecular weight excluding hydrogens is 490 g/mol. The van der Waals surface area contributed by atoms with Gasteiger partial charge in [-0.1, -0.05) is 30.3 Å². The van der Waals surface area contributed by atoms with Crippen molar-refractivity contribution in [1.29, 1.82) is 5.26 Å². The lowest BCUT2D eigenvalue weighted by atomic mass is 9.96. The number of nitrogens with two attached hydrogens (primary N) is 1. The summed E-state index contributed by atoms with van der Waals surface area (Å²) in [5.74, 6) is 1.66. The molecule has 4 aromatic rings. The molecule has 1 saturated heterocycles. The zero-order valence-corrected chi connectivity index (χ0v) is 21.9. The van der Waals surface area contributed by atoms with Gasteiger partial charge in [0.05, 0.1) is 18.2 Å². The summed E-state index contributed by atoms with van der Waals surface area (Å²) < 4.78 is 12.7. The predicted molar refractivity (Wildman–Crippen MR) is 149 cm³/mol. The van der Waals surface area contributed by atoms with Gasteiger partial charge in [0, 0.05) is 12.1 Å². The van der Waals surface area contributed by atoms with Crippen LogP contribution >= 0.6 is 0 Å². The minimum Gasteiger partial charge on any atom is -0.466 e. The fourth-order valence-electron chi connectivity index (χ4n) is 4.83. The van der Waals surface area contributed by atoms with E-state index in [4.69, 9.17) is 20.3 Å². The van der Waals surface area contributed by atoms with E-state index in [0.29, 0.717) is 29.4 Å². The van der Waals surface area contributed by atoms with E-state index in [1.165, 1.54) is 0 Å². The maximum Gasteiger partial charge on any atom is 0.309 e. The number of esters is 1. The van der Waals surface area contributed by atoms with E-state index < -0.39 is 0 Å². The minimum absolute atomic E-state index is 0.00230. The highest BCUT2D eigenvalue weighted by Gasteiger charge is 2.26. The Labute approximate surface area is 228 Å². The molecule has 0 atom stereocenters. The third kappa shape index (κ3) is 5.95. The zero-order valence-electron chi connectivity index (χ0n) is 21.9. The van der Waals surface area contributed by atoms with Gasteiger partial charge in [0.1, 0.15) is 34.6 Å². The molecule has 198 valence electrons. The number of nitriles is 1. The van der Waals surface area contributed by atoms with Crippen LogP contribution in [0.5, 0.6) is 11.5 Å². The lowest BCUT2D eigenvalue weighted by Crippen LogP contribution is -2.36. The average molecular weight is 522 g/mol. The van der Waals surface area contributed by atoms with E-state index >= 15 is 0 Å². The van der Waals surface area contributed by atoms with Crippen LogP contribution in [-0.2, 0) is 16.1 Å². The van der Waals surface area contributed by atoms with Crippen molar-refractivity contribution >= 4 is 11.8 Å². The van der Waals surface area contributed by atoms with Crippen molar-refractivity contribution in [2.24, 2.45) is 5.92 Å². The van der Waals surface area contributed by atoms with Crippen molar-refractivity contribution in [3.8, 4) is 34.5 Å². The van der Waals surface area contributed by atoms with Crippen LogP contribution < -0.4 is 10.5 Å². The van der Waals surface area contributed by atoms with Crippen LogP contribution in [0.25, 0.3) is 16.9 Å². The molecule has 2 N–H and O–H groups in total. The third-order valence-electron chi connectivity index (χ3n) is 6.93. The van der Waals surface area contributed by atoms with Gasteiger partial charge >= 0.3 is 5.97 Å². The normalized spacial score (nSPS) is 14.1. The van der Waals surface area contributed by atoms with Gasteiger partial charge in [0.2, 0.25) is 0 Å². The number of nitrogens with zero attached hydrogens (tertiary/aromatic N) is 4. The lowest BCUT2D eigenvalue weighted by Gasteiger charge is -2.30. The first-order valence-corrected chi connectivity index (χ1v) is 13.2. The van der Waals surface area contributed by atoms with Gasteiger partial charge in [0.25, 0.3) is 0 Å². The van der Waals surface area contributed by atoms with Gasteiger partial charge < -0.3 is 15.2 Å². The second-order valence-electron chi connectivity index (χ2n) is 9.54. The van der Waals surface area contributed by atoms with Crippen LogP contribution in [0.3, 0.4) is 0 Å². The molecule has 0 radical (unpaired) electrons. The predicted octanol–water partition coefficient (Wildman–Crippen LogP) is 5.56. The summed E-state index contributed by atoms with van der Waals surface area (Å²) in [5.41, 5.74) is 9.95. The molecule has 8 nitrogen and oxygen atoms in total. The molecule has 1 aliphatic heterocycles. The molecule has 0 spiro atoms. The van der Waals surface area contributed by atoms with E-state index in [1.54, 1.807) is 4.68 Å². The largest absolute Gasteiger partial charge is 0.466 e. The van der Waals surface area contributed by atoms with Gasteiger partial charge in [-0.05, 0) is 86.9 Å². The van der Waals surface area contributed by atoms with E-state index in [0.717, 1.165) is 55.0 Å². The number of hydrogen-bond donors (Lipinski definition) is 1. The Morgan fingerprint density at radius 1 is 1.00 bits per heavy atom. The SMILES string of the molecule is CCOC(=O)C1CCN(Cc2ccc(-n3nc(-c4ccc(Oc5ccccc5)cc4)c(C#N)c3N)cc2)CC1. The molecule has 1 aromatic heterocycles. The zero-order chi connectivity index (χ0) is 27.2. The maximum absolute atomic E-state index is 12.0. The van der Waals surface area contributed by atoms with Gasteiger partial charge in [-0.25, -0.2) is 4.68 Å². The molecule has 0 saturated carbocycles. The second-order valence-corrected chi connectivity index (χ2v) is 9.54. The van der Waals surface area contributed by atoms with E-state index in [-0.39, 0.29) is 11.9 Å². The van der Waals surface area contributed by atoms with Crippen molar-refractivity contribution in [3.05, 3.63) is 90.0 Å². The first-order chi connectivity index (χ1) is 19.1. The van der Waals surface area contributed by atoms with E-state index in [1.807, 2.05) is 73.7 Å². The monoisotopic (exact) mass is 521 g/mol. The number of likely N-dealkylation sites (tertiary alicyclic amines) is 1. The lowest BCUT2D eigenvalue weighted by molar-refractivity contribution is -0.149. The average Bonchev–Trinajstić information content (AvgIpc) is 3.31. The molecule has 39 heavy (non-hydrogen) atoms. The van der Waals surface area contributed by atoms with Crippen molar-refractivity contribution in [1.82, 2.24) is 14.7 Å². The molecule has 0 aliphatic carbocycles. The number of nitrogen functional groups attached to an aromatic ring is 1. The Balaban J connectivity index is 1.27. The number of rotatable bonds is 8. The number of aromatic nitrogens is 2. The minimum atomic E-state index is -0.0779. The third-order valence-corrected chi connectivity index (χ3v) is 6.93. The number of benzene rings is 3. The summed E-state index contributed by atoms with van der Waals surface area (Å²) in [4.78, 5) is 14.3. The molecule has 0 amide bonds. The Bertz CT molecular complexity index is 1450. The number of para-hydroxylation sites is 1. The quantitative estimate of drug-likeness (QED) is 0.303. The van der Waals surface area contributed by atoms with Crippen molar-refractivity contribution in [3.63, 3.8) is 0 Å². The van der Waals surface area contributed by atoms with Crippen LogP contribution in [0.15, 0.2) is 78.9 Å². The first-order valence-electron chi connectivity index (χ1n) is 13.2. The van der Waals surface area contributed by atoms with Gasteiger partial charge in [0.15, 0.2) is 0 Å². The van der Waals surface area contributed by atoms with E-state index in [9.17, 15) is 10.1 Å². The highest BCUT2D eigenvalue weighted by Crippen LogP contribution is 2.31. The molecule has 8 heteroatoms. The highest BCUT2D eigenvalue weighted by atomic mass is 16.5. The summed E-state index contributed by atoms with van der Waals surface area (Å²) in [5, 5.41) is 14.5. The van der Waals surface area contributed by atoms with Gasteiger partial charge in [-0.3, -0.25) is 9.69 Å². The standard InChI is InChI=1S/C31H31N5O3/c1-2-38-31(37)24-16-18-35(19-17-24)21-22-8-12-25(13-9-22)36-30(33)28(20-32)29(34-36)23-10-14-27(15-11-23)39-26-6-4-3-5-7-26/h3-15,24H,2,16-19,21,33H2,1H3. The Morgan fingerprint density at radius 3 is 2.31 bits per heavy atom. The number of ether oxygens (including phenoxy) is 2. The second kappa shape index (κ2) is 11.8. The smallest absolute Gasteiger partial charge is 0.309 e. The first kappa shape index (κ1) is 26.0. The molecular formula is C31H31N5O3. The topological polar surface area (TPSA) is 106 Å². The van der Waals surface area contributed by atoms with Crippen LogP contribution in [0.4, 0.5) is 5.82 Å². The maximum atomic E-state index is 12.0.